The van der Waals surface area contributed by atoms with Crippen molar-refractivity contribution in [2.75, 3.05) is 4.72 Å². The van der Waals surface area contributed by atoms with Crippen molar-refractivity contribution in [1.29, 1.82) is 0 Å². The summed E-state index contributed by atoms with van der Waals surface area (Å²) in [6, 6.07) is 3.11. The van der Waals surface area contributed by atoms with Gasteiger partial charge in [0.15, 0.2) is 5.69 Å². The molecule has 0 spiro atoms. The number of nitrogens with one attached hydrogen (secondary N) is 2. The first-order valence-corrected chi connectivity index (χ1v) is 7.41. The Bertz CT molecular complexity index is 819. The van der Waals surface area contributed by atoms with Gasteiger partial charge < -0.3 is 5.73 Å². The molecule has 0 fully saturated rings. The second kappa shape index (κ2) is 5.34. The summed E-state index contributed by atoms with van der Waals surface area (Å²) < 4.78 is 40.1. The van der Waals surface area contributed by atoms with E-state index in [9.17, 15) is 17.6 Å². The minimum absolute atomic E-state index is 0.0590. The lowest BCUT2D eigenvalue weighted by Crippen LogP contribution is -2.19. The van der Waals surface area contributed by atoms with Crippen LogP contribution in [0.2, 0.25) is 5.02 Å². The molecule has 112 valence electrons. The molecule has 1 amide bonds. The van der Waals surface area contributed by atoms with Crippen LogP contribution in [0.15, 0.2) is 23.1 Å². The first-order chi connectivity index (χ1) is 9.72. The molecule has 0 saturated carbocycles. The molecule has 1 aromatic carbocycles. The molecule has 0 unspecified atom stereocenters. The number of nitrogens with two attached hydrogens (primary N) is 1. The van der Waals surface area contributed by atoms with Crippen LogP contribution in [-0.4, -0.2) is 24.5 Å². The topological polar surface area (TPSA) is 118 Å². The molecular weight excluding hydrogens is 323 g/mol. The third-order valence-electron chi connectivity index (χ3n) is 2.60. The SMILES string of the molecule is Cc1[nH]nc(C(N)=O)c1NS(=O)(=O)c1ccc(Cl)cc1F. The zero-order valence-corrected chi connectivity index (χ0v) is 12.2. The maximum atomic E-state index is 13.7. The zero-order chi connectivity index (χ0) is 15.8. The summed E-state index contributed by atoms with van der Waals surface area (Å²) >= 11 is 5.57. The number of hydrogen-bond donors (Lipinski definition) is 3. The molecule has 2 aromatic rings. The summed E-state index contributed by atoms with van der Waals surface area (Å²) in [6.45, 7) is 1.48. The Balaban J connectivity index is 2.47. The minimum Gasteiger partial charge on any atom is -0.364 e. The van der Waals surface area contributed by atoms with Gasteiger partial charge in [0.1, 0.15) is 16.4 Å². The van der Waals surface area contributed by atoms with Crippen molar-refractivity contribution in [3.05, 3.63) is 40.4 Å². The van der Waals surface area contributed by atoms with E-state index in [-0.39, 0.29) is 22.1 Å². The van der Waals surface area contributed by atoms with Crippen LogP contribution in [0.1, 0.15) is 16.2 Å². The lowest BCUT2D eigenvalue weighted by atomic mass is 10.3. The summed E-state index contributed by atoms with van der Waals surface area (Å²) in [5, 5.41) is 6.07. The number of anilines is 1. The summed E-state index contributed by atoms with van der Waals surface area (Å²) in [5.41, 5.74) is 4.94. The molecule has 2 rings (SSSR count). The van der Waals surface area contributed by atoms with Gasteiger partial charge in [-0.2, -0.15) is 5.10 Å². The number of nitrogens with zero attached hydrogens (tertiary/aromatic N) is 1. The fraction of sp³-hybridized carbons (Fsp3) is 0.0909. The van der Waals surface area contributed by atoms with Gasteiger partial charge in [-0.05, 0) is 25.1 Å². The van der Waals surface area contributed by atoms with Crippen LogP contribution in [0.3, 0.4) is 0 Å². The first kappa shape index (κ1) is 15.3. The van der Waals surface area contributed by atoms with Crippen molar-refractivity contribution in [2.24, 2.45) is 5.73 Å². The van der Waals surface area contributed by atoms with E-state index in [1.807, 2.05) is 0 Å². The Hall–Kier alpha value is -2.13. The third-order valence-corrected chi connectivity index (χ3v) is 4.22. The van der Waals surface area contributed by atoms with E-state index in [1.54, 1.807) is 0 Å². The number of sulfonamides is 1. The number of hydrogen-bond acceptors (Lipinski definition) is 4. The molecular formula is C11H10ClFN4O3S. The van der Waals surface area contributed by atoms with Crippen LogP contribution < -0.4 is 10.5 Å². The molecule has 0 saturated heterocycles. The van der Waals surface area contributed by atoms with E-state index >= 15 is 0 Å². The first-order valence-electron chi connectivity index (χ1n) is 5.55. The Labute approximate surface area is 124 Å². The van der Waals surface area contributed by atoms with E-state index < -0.39 is 26.6 Å². The molecule has 1 aromatic heterocycles. The maximum absolute atomic E-state index is 13.7. The van der Waals surface area contributed by atoms with Gasteiger partial charge in [0.2, 0.25) is 0 Å². The van der Waals surface area contributed by atoms with E-state index in [0.717, 1.165) is 12.1 Å². The number of carbonyl (C=O) groups excluding carboxylic acids is 1. The van der Waals surface area contributed by atoms with Crippen molar-refractivity contribution in [3.8, 4) is 0 Å². The van der Waals surface area contributed by atoms with Gasteiger partial charge in [-0.25, -0.2) is 12.8 Å². The van der Waals surface area contributed by atoms with E-state index in [4.69, 9.17) is 17.3 Å². The molecule has 0 bridgehead atoms. The lowest BCUT2D eigenvalue weighted by molar-refractivity contribution is 0.0996. The van der Waals surface area contributed by atoms with E-state index in [2.05, 4.69) is 14.9 Å². The van der Waals surface area contributed by atoms with Gasteiger partial charge >= 0.3 is 0 Å². The highest BCUT2D eigenvalue weighted by molar-refractivity contribution is 7.92. The maximum Gasteiger partial charge on any atom is 0.271 e. The number of aromatic amines is 1. The minimum atomic E-state index is -4.26. The number of aryl methyl sites for hydroxylation is 1. The third kappa shape index (κ3) is 2.98. The van der Waals surface area contributed by atoms with Gasteiger partial charge in [0.25, 0.3) is 15.9 Å². The van der Waals surface area contributed by atoms with Crippen molar-refractivity contribution in [1.82, 2.24) is 10.2 Å². The van der Waals surface area contributed by atoms with Gasteiger partial charge in [0.05, 0.1) is 5.69 Å². The highest BCUT2D eigenvalue weighted by Gasteiger charge is 2.24. The predicted octanol–water partition coefficient (Wildman–Crippen LogP) is 1.41. The van der Waals surface area contributed by atoms with E-state index in [0.29, 0.717) is 0 Å². The van der Waals surface area contributed by atoms with Crippen LogP contribution in [0.5, 0.6) is 0 Å². The summed E-state index contributed by atoms with van der Waals surface area (Å²) in [4.78, 5) is 10.6. The van der Waals surface area contributed by atoms with Gasteiger partial charge in [-0.3, -0.25) is 14.6 Å². The number of aromatic nitrogens is 2. The summed E-state index contributed by atoms with van der Waals surface area (Å²) in [5.74, 6) is -1.94. The molecule has 7 nitrogen and oxygen atoms in total. The molecule has 1 heterocycles. The van der Waals surface area contributed by atoms with Gasteiger partial charge in [-0.15, -0.1) is 0 Å². The Morgan fingerprint density at radius 1 is 1.48 bits per heavy atom. The fourth-order valence-electron chi connectivity index (χ4n) is 1.61. The number of primary amides is 1. The normalized spacial score (nSPS) is 11.4. The Morgan fingerprint density at radius 3 is 2.71 bits per heavy atom. The number of H-pyrrole nitrogens is 1. The second-order valence-corrected chi connectivity index (χ2v) is 6.20. The lowest BCUT2D eigenvalue weighted by Gasteiger charge is -2.09. The van der Waals surface area contributed by atoms with Crippen molar-refractivity contribution < 1.29 is 17.6 Å². The molecule has 0 aliphatic rings. The zero-order valence-electron chi connectivity index (χ0n) is 10.6. The molecule has 10 heteroatoms. The highest BCUT2D eigenvalue weighted by Crippen LogP contribution is 2.24. The Morgan fingerprint density at radius 2 is 2.14 bits per heavy atom. The average Bonchev–Trinajstić information content (AvgIpc) is 2.70. The van der Waals surface area contributed by atoms with E-state index in [1.165, 1.54) is 13.0 Å². The van der Waals surface area contributed by atoms with Crippen LogP contribution in [-0.2, 0) is 10.0 Å². The standard InChI is InChI=1S/C11H10ClFN4O3S/c1-5-9(10(11(14)18)16-15-5)17-21(19,20)8-3-2-6(12)4-7(8)13/h2-4,17H,1H3,(H2,14,18)(H,15,16). The molecule has 0 radical (unpaired) electrons. The highest BCUT2D eigenvalue weighted by atomic mass is 35.5. The monoisotopic (exact) mass is 332 g/mol. The van der Waals surface area contributed by atoms with Crippen LogP contribution >= 0.6 is 11.6 Å². The van der Waals surface area contributed by atoms with Crippen molar-refractivity contribution >= 4 is 33.2 Å². The molecule has 0 atom stereocenters. The summed E-state index contributed by atoms with van der Waals surface area (Å²) in [7, 11) is -4.26. The molecule has 4 N–H and O–H groups in total. The Kier molecular flexibility index (Phi) is 3.88. The largest absolute Gasteiger partial charge is 0.364 e. The fourth-order valence-corrected chi connectivity index (χ4v) is 2.96. The number of carbonyl (C=O) groups is 1. The smallest absolute Gasteiger partial charge is 0.271 e. The van der Waals surface area contributed by atoms with Gasteiger partial charge in [0, 0.05) is 5.02 Å². The van der Waals surface area contributed by atoms with Crippen LogP contribution in [0.4, 0.5) is 10.1 Å². The quantitative estimate of drug-likeness (QED) is 0.784. The molecule has 0 aliphatic carbocycles. The average molecular weight is 333 g/mol. The van der Waals surface area contributed by atoms with Crippen LogP contribution in [0, 0.1) is 12.7 Å². The van der Waals surface area contributed by atoms with Crippen molar-refractivity contribution in [2.45, 2.75) is 11.8 Å². The number of rotatable bonds is 4. The molecule has 21 heavy (non-hydrogen) atoms. The van der Waals surface area contributed by atoms with Crippen molar-refractivity contribution in [3.63, 3.8) is 0 Å². The number of benzene rings is 1. The van der Waals surface area contributed by atoms with Crippen LogP contribution in [0.25, 0.3) is 0 Å². The number of halogens is 2. The summed E-state index contributed by atoms with van der Waals surface area (Å²) in [6.07, 6.45) is 0. The predicted molar refractivity (Wildman–Crippen MR) is 74.1 cm³/mol. The molecule has 0 aliphatic heterocycles. The number of amides is 1. The second-order valence-electron chi connectivity index (χ2n) is 4.12. The van der Waals surface area contributed by atoms with Gasteiger partial charge in [-0.1, -0.05) is 11.6 Å².